The highest BCUT2D eigenvalue weighted by atomic mass is 15.5. The van der Waals surface area contributed by atoms with E-state index in [9.17, 15) is 0 Å². The van der Waals surface area contributed by atoms with Crippen molar-refractivity contribution in [1.29, 1.82) is 0 Å². The van der Waals surface area contributed by atoms with E-state index in [0.717, 1.165) is 23.9 Å². The molecule has 0 spiro atoms. The normalized spacial score (nSPS) is 25.2. The van der Waals surface area contributed by atoms with Crippen LogP contribution in [0.2, 0.25) is 0 Å². The molecular weight excluding hydrogens is 334 g/mol. The quantitative estimate of drug-likeness (QED) is 0.548. The molecule has 2 aromatic carbocycles. The Morgan fingerprint density at radius 3 is 2.56 bits per heavy atom. The first-order chi connectivity index (χ1) is 13.3. The summed E-state index contributed by atoms with van der Waals surface area (Å²) in [7, 11) is 2.39. The monoisotopic (exact) mass is 358 g/mol. The van der Waals surface area contributed by atoms with Crippen LogP contribution >= 0.6 is 0 Å². The molecular formula is C22H24N5+. The third-order valence-electron chi connectivity index (χ3n) is 6.22. The van der Waals surface area contributed by atoms with Gasteiger partial charge >= 0.3 is 0 Å². The van der Waals surface area contributed by atoms with Crippen molar-refractivity contribution in [2.24, 2.45) is 0 Å². The van der Waals surface area contributed by atoms with E-state index in [1.165, 1.54) is 22.0 Å². The Balaban J connectivity index is 1.61. The molecule has 1 aliphatic rings. The molecule has 0 saturated carbocycles. The van der Waals surface area contributed by atoms with Gasteiger partial charge in [0, 0.05) is 41.1 Å². The fraction of sp³-hybridized carbons (Fsp3) is 0.273. The second-order valence-corrected chi connectivity index (χ2v) is 7.76. The van der Waals surface area contributed by atoms with Crippen LogP contribution in [0.1, 0.15) is 36.2 Å². The van der Waals surface area contributed by atoms with Crippen molar-refractivity contribution in [2.45, 2.75) is 31.6 Å². The van der Waals surface area contributed by atoms with Crippen molar-refractivity contribution in [3.63, 3.8) is 0 Å². The standard InChI is InChI=1S/C22H24N5/c1-27(14-17-7-3-2-4-8-17)21(11-12-22(27)26-15-24-25-16-26)19-13-23-20-10-6-5-9-18(19)20/h2-10,13,15-16,21-23H,11-12,14H2,1H3/q+1/t21-,22?,27?/m0/s1. The minimum absolute atomic E-state index is 0.332. The second-order valence-electron chi connectivity index (χ2n) is 7.76. The molecule has 0 amide bonds. The first-order valence-corrected chi connectivity index (χ1v) is 9.54. The van der Waals surface area contributed by atoms with Crippen LogP contribution in [0.25, 0.3) is 10.9 Å². The third kappa shape index (κ3) is 2.66. The molecule has 136 valence electrons. The summed E-state index contributed by atoms with van der Waals surface area (Å²) in [5.74, 6) is 0. The number of para-hydroxylation sites is 1. The number of aromatic nitrogens is 4. The molecule has 2 aromatic heterocycles. The van der Waals surface area contributed by atoms with Crippen LogP contribution in [0.4, 0.5) is 0 Å². The Hall–Kier alpha value is -2.92. The SMILES string of the molecule is C[N+]1(Cc2ccccc2)C(n2cnnc2)CC[C@H]1c1c[nH]c2ccccc12. The summed E-state index contributed by atoms with van der Waals surface area (Å²) in [6, 6.07) is 19.9. The van der Waals surface area contributed by atoms with Crippen LogP contribution < -0.4 is 0 Å². The topological polar surface area (TPSA) is 46.5 Å². The first-order valence-electron chi connectivity index (χ1n) is 9.54. The lowest BCUT2D eigenvalue weighted by molar-refractivity contribution is -0.975. The summed E-state index contributed by atoms with van der Waals surface area (Å²) in [5, 5.41) is 9.49. The van der Waals surface area contributed by atoms with Gasteiger partial charge < -0.3 is 4.98 Å². The van der Waals surface area contributed by atoms with Crippen molar-refractivity contribution in [1.82, 2.24) is 19.7 Å². The number of benzene rings is 2. The summed E-state index contributed by atoms with van der Waals surface area (Å²) in [6.07, 6.45) is 8.54. The molecule has 2 unspecified atom stereocenters. The molecule has 5 heteroatoms. The Labute approximate surface area is 158 Å². The van der Waals surface area contributed by atoms with Crippen molar-refractivity contribution < 1.29 is 4.48 Å². The highest BCUT2D eigenvalue weighted by Gasteiger charge is 2.48. The molecule has 0 bridgehead atoms. The van der Waals surface area contributed by atoms with Gasteiger partial charge in [0.15, 0.2) is 6.17 Å². The summed E-state index contributed by atoms with van der Waals surface area (Å²) in [6.45, 7) is 0.980. The summed E-state index contributed by atoms with van der Waals surface area (Å²) in [5.41, 5.74) is 4.00. The second kappa shape index (κ2) is 6.35. The van der Waals surface area contributed by atoms with Gasteiger partial charge in [-0.05, 0) is 6.07 Å². The van der Waals surface area contributed by atoms with Crippen LogP contribution in [0.15, 0.2) is 73.4 Å². The van der Waals surface area contributed by atoms with E-state index in [4.69, 9.17) is 0 Å². The van der Waals surface area contributed by atoms with Crippen LogP contribution in [0.5, 0.6) is 0 Å². The predicted octanol–water partition coefficient (Wildman–Crippen LogP) is 4.44. The van der Waals surface area contributed by atoms with E-state index in [2.05, 4.69) is 87.6 Å². The van der Waals surface area contributed by atoms with E-state index in [1.54, 1.807) is 0 Å². The lowest BCUT2D eigenvalue weighted by Crippen LogP contribution is -2.46. The highest BCUT2D eigenvalue weighted by molar-refractivity contribution is 5.83. The van der Waals surface area contributed by atoms with Gasteiger partial charge in [0.25, 0.3) is 0 Å². The summed E-state index contributed by atoms with van der Waals surface area (Å²) >= 11 is 0. The van der Waals surface area contributed by atoms with Crippen molar-refractivity contribution in [2.75, 3.05) is 7.05 Å². The summed E-state index contributed by atoms with van der Waals surface area (Å²) in [4.78, 5) is 3.47. The maximum absolute atomic E-state index is 4.07. The van der Waals surface area contributed by atoms with Crippen molar-refractivity contribution >= 4 is 10.9 Å². The summed E-state index contributed by atoms with van der Waals surface area (Å²) < 4.78 is 3.11. The Morgan fingerprint density at radius 2 is 1.74 bits per heavy atom. The average molecular weight is 358 g/mol. The molecule has 1 saturated heterocycles. The van der Waals surface area contributed by atoms with Gasteiger partial charge in [-0.25, -0.2) is 0 Å². The van der Waals surface area contributed by atoms with E-state index >= 15 is 0 Å². The molecule has 1 N–H and O–H groups in total. The van der Waals surface area contributed by atoms with Gasteiger partial charge in [-0.2, -0.15) is 0 Å². The molecule has 0 aliphatic carbocycles. The maximum atomic E-state index is 4.07. The number of aromatic amines is 1. The molecule has 1 aliphatic heterocycles. The van der Waals surface area contributed by atoms with Crippen LogP contribution in [-0.2, 0) is 6.54 Å². The Morgan fingerprint density at radius 1 is 1.00 bits per heavy atom. The van der Waals surface area contributed by atoms with Gasteiger partial charge in [0.1, 0.15) is 25.2 Å². The molecule has 3 atom stereocenters. The number of H-pyrrole nitrogens is 1. The zero-order valence-corrected chi connectivity index (χ0v) is 15.5. The molecule has 3 heterocycles. The maximum Gasteiger partial charge on any atom is 0.171 e. The number of nitrogens with zero attached hydrogens (tertiary/aromatic N) is 4. The lowest BCUT2D eigenvalue weighted by atomic mass is 10.0. The smallest absolute Gasteiger partial charge is 0.171 e. The molecule has 0 radical (unpaired) electrons. The van der Waals surface area contributed by atoms with Gasteiger partial charge in [-0.3, -0.25) is 9.05 Å². The zero-order valence-electron chi connectivity index (χ0n) is 15.5. The highest BCUT2D eigenvalue weighted by Crippen LogP contribution is 2.49. The number of fused-ring (bicyclic) bond motifs is 1. The number of hydrogen-bond acceptors (Lipinski definition) is 2. The number of nitrogens with one attached hydrogen (secondary N) is 1. The molecule has 4 aromatic rings. The van der Waals surface area contributed by atoms with Crippen molar-refractivity contribution in [3.05, 3.63) is 84.6 Å². The van der Waals surface area contributed by atoms with Crippen LogP contribution in [0, 0.1) is 0 Å². The van der Waals surface area contributed by atoms with Crippen LogP contribution in [-0.4, -0.2) is 31.3 Å². The third-order valence-corrected chi connectivity index (χ3v) is 6.22. The molecule has 1 fully saturated rings. The number of rotatable bonds is 4. The minimum Gasteiger partial charge on any atom is -0.361 e. The zero-order chi connectivity index (χ0) is 18.3. The largest absolute Gasteiger partial charge is 0.361 e. The van der Waals surface area contributed by atoms with Gasteiger partial charge in [-0.1, -0.05) is 48.5 Å². The fourth-order valence-corrected chi connectivity index (χ4v) is 4.96. The van der Waals surface area contributed by atoms with E-state index in [-0.39, 0.29) is 0 Å². The minimum atomic E-state index is 0.332. The van der Waals surface area contributed by atoms with Gasteiger partial charge in [-0.15, -0.1) is 10.2 Å². The number of quaternary nitrogens is 1. The number of likely N-dealkylation sites (tertiary alicyclic amines) is 1. The number of hydrogen-bond donors (Lipinski definition) is 1. The Bertz CT molecular complexity index is 1040. The van der Waals surface area contributed by atoms with Crippen molar-refractivity contribution in [3.8, 4) is 0 Å². The van der Waals surface area contributed by atoms with Gasteiger partial charge in [0.2, 0.25) is 0 Å². The molecule has 5 rings (SSSR count). The fourth-order valence-electron chi connectivity index (χ4n) is 4.96. The van der Waals surface area contributed by atoms with Crippen LogP contribution in [0.3, 0.4) is 0 Å². The average Bonchev–Trinajstić information content (AvgIpc) is 3.41. The van der Waals surface area contributed by atoms with Gasteiger partial charge in [0.05, 0.1) is 7.05 Å². The molecule has 27 heavy (non-hydrogen) atoms. The first kappa shape index (κ1) is 16.3. The predicted molar refractivity (Wildman–Crippen MR) is 106 cm³/mol. The Kier molecular flexibility index (Phi) is 3.83. The van der Waals surface area contributed by atoms with E-state index in [0.29, 0.717) is 12.2 Å². The lowest BCUT2D eigenvalue weighted by Gasteiger charge is -2.41. The molecule has 5 nitrogen and oxygen atoms in total. The van der Waals surface area contributed by atoms with E-state index < -0.39 is 0 Å². The van der Waals surface area contributed by atoms with E-state index in [1.807, 2.05) is 12.7 Å².